The van der Waals surface area contributed by atoms with Gasteiger partial charge in [-0.3, -0.25) is 0 Å². The first-order chi connectivity index (χ1) is 8.47. The van der Waals surface area contributed by atoms with E-state index in [-0.39, 0.29) is 0 Å². The topological polar surface area (TPSA) is 24.9 Å². The summed E-state index contributed by atoms with van der Waals surface area (Å²) in [5.74, 6) is 0.894. The number of aromatic nitrogens is 1. The van der Waals surface area contributed by atoms with E-state index >= 15 is 0 Å². The first-order valence-electron chi connectivity index (χ1n) is 7.12. The van der Waals surface area contributed by atoms with E-state index in [1.165, 1.54) is 30.7 Å². The van der Waals surface area contributed by atoms with Gasteiger partial charge in [0.15, 0.2) is 0 Å². The van der Waals surface area contributed by atoms with Crippen molar-refractivity contribution >= 4 is 11.3 Å². The Morgan fingerprint density at radius 1 is 1.28 bits per heavy atom. The molecule has 3 heteroatoms. The number of nitrogens with zero attached hydrogens (tertiary/aromatic N) is 1. The quantitative estimate of drug-likeness (QED) is 0.877. The van der Waals surface area contributed by atoms with Crippen molar-refractivity contribution in [2.24, 2.45) is 11.3 Å². The van der Waals surface area contributed by atoms with Crippen molar-refractivity contribution in [2.45, 2.75) is 65.5 Å². The molecule has 18 heavy (non-hydrogen) atoms. The highest BCUT2D eigenvalue weighted by Gasteiger charge is 2.30. The van der Waals surface area contributed by atoms with Crippen molar-refractivity contribution in [1.82, 2.24) is 10.3 Å². The molecule has 2 nitrogen and oxygen atoms in total. The summed E-state index contributed by atoms with van der Waals surface area (Å²) in [7, 11) is 0. The molecule has 1 N–H and O–H groups in total. The minimum Gasteiger partial charge on any atom is -0.305 e. The summed E-state index contributed by atoms with van der Waals surface area (Å²) in [4.78, 5) is 4.39. The van der Waals surface area contributed by atoms with E-state index in [4.69, 9.17) is 0 Å². The Bertz CT molecular complexity index is 345. The van der Waals surface area contributed by atoms with Gasteiger partial charge in [-0.1, -0.05) is 20.8 Å². The highest BCUT2D eigenvalue weighted by atomic mass is 32.1. The second kappa shape index (κ2) is 5.70. The van der Waals surface area contributed by atoms with Crippen molar-refractivity contribution in [2.75, 3.05) is 0 Å². The minimum atomic E-state index is 0.404. The van der Waals surface area contributed by atoms with Gasteiger partial charge in [-0.05, 0) is 43.9 Å². The van der Waals surface area contributed by atoms with Crippen molar-refractivity contribution in [3.8, 4) is 0 Å². The van der Waals surface area contributed by atoms with E-state index in [0.29, 0.717) is 17.5 Å². The van der Waals surface area contributed by atoms with Crippen LogP contribution in [0.5, 0.6) is 0 Å². The van der Waals surface area contributed by atoms with E-state index in [0.717, 1.165) is 5.92 Å². The van der Waals surface area contributed by atoms with Crippen molar-refractivity contribution in [3.05, 3.63) is 16.6 Å². The van der Waals surface area contributed by atoms with Crippen molar-refractivity contribution in [3.63, 3.8) is 0 Å². The molecule has 1 aliphatic rings. The highest BCUT2D eigenvalue weighted by Crippen LogP contribution is 2.38. The molecule has 1 heterocycles. The molecule has 0 saturated heterocycles. The van der Waals surface area contributed by atoms with E-state index in [1.54, 1.807) is 11.3 Å². The average Bonchev–Trinajstić information content (AvgIpc) is 2.82. The third-order valence-corrected chi connectivity index (χ3v) is 5.22. The van der Waals surface area contributed by atoms with Crippen LogP contribution in [0.4, 0.5) is 0 Å². The number of rotatable bonds is 3. The molecule has 1 unspecified atom stereocenters. The zero-order valence-electron chi connectivity index (χ0n) is 12.1. The van der Waals surface area contributed by atoms with Crippen LogP contribution in [0.2, 0.25) is 0 Å². The Kier molecular flexibility index (Phi) is 4.44. The van der Waals surface area contributed by atoms with Crippen molar-refractivity contribution < 1.29 is 0 Å². The Hall–Kier alpha value is -0.410. The van der Waals surface area contributed by atoms with Crippen LogP contribution >= 0.6 is 11.3 Å². The minimum absolute atomic E-state index is 0.404. The van der Waals surface area contributed by atoms with Crippen LogP contribution in [0.15, 0.2) is 11.6 Å². The molecular formula is C15H26N2S. The molecule has 1 aromatic heterocycles. The van der Waals surface area contributed by atoms with Gasteiger partial charge in [-0.15, -0.1) is 11.3 Å². The molecule has 0 aromatic carbocycles. The van der Waals surface area contributed by atoms with E-state index in [1.807, 2.05) is 6.20 Å². The molecular weight excluding hydrogens is 240 g/mol. The monoisotopic (exact) mass is 266 g/mol. The molecule has 0 aliphatic heterocycles. The Morgan fingerprint density at radius 2 is 1.94 bits per heavy atom. The van der Waals surface area contributed by atoms with Crippen LogP contribution in [0.1, 0.15) is 64.4 Å². The van der Waals surface area contributed by atoms with Crippen LogP contribution in [-0.2, 0) is 0 Å². The second-order valence-electron chi connectivity index (χ2n) is 6.67. The first-order valence-corrected chi connectivity index (χ1v) is 8.00. The molecule has 1 aliphatic carbocycles. The van der Waals surface area contributed by atoms with Gasteiger partial charge in [0.05, 0.1) is 6.04 Å². The molecule has 102 valence electrons. The molecule has 0 amide bonds. The first kappa shape index (κ1) is 14.0. The largest absolute Gasteiger partial charge is 0.305 e. The van der Waals surface area contributed by atoms with E-state index in [9.17, 15) is 0 Å². The maximum atomic E-state index is 4.39. The normalized spacial score (nSPS) is 27.1. The fraction of sp³-hybridized carbons (Fsp3) is 0.800. The van der Waals surface area contributed by atoms with Crippen LogP contribution in [-0.4, -0.2) is 11.0 Å². The third-order valence-electron chi connectivity index (χ3n) is 4.26. The molecule has 2 rings (SSSR count). The summed E-state index contributed by atoms with van der Waals surface area (Å²) in [5.41, 5.74) is 0.478. The number of hydrogen-bond donors (Lipinski definition) is 1. The van der Waals surface area contributed by atoms with Gasteiger partial charge in [-0.2, -0.15) is 0 Å². The van der Waals surface area contributed by atoms with Crippen molar-refractivity contribution in [1.29, 1.82) is 0 Å². The zero-order valence-corrected chi connectivity index (χ0v) is 12.9. The molecule has 0 spiro atoms. The summed E-state index contributed by atoms with van der Waals surface area (Å²) < 4.78 is 0. The Balaban J connectivity index is 1.80. The summed E-state index contributed by atoms with van der Waals surface area (Å²) >= 11 is 1.75. The standard InChI is InChI=1S/C15H26N2S/c1-11(14-16-9-10-18-14)17-13-7-5-12(6-8-13)15(2,3)4/h9-13,17H,5-8H2,1-4H3. The Labute approximate surface area is 115 Å². The van der Waals surface area contributed by atoms with Gasteiger partial charge in [-0.25, -0.2) is 4.98 Å². The fourth-order valence-electron chi connectivity index (χ4n) is 3.00. The van der Waals surface area contributed by atoms with Gasteiger partial charge < -0.3 is 5.32 Å². The summed E-state index contributed by atoms with van der Waals surface area (Å²) in [6.45, 7) is 9.37. The maximum Gasteiger partial charge on any atom is 0.109 e. The van der Waals surface area contributed by atoms with Gasteiger partial charge in [0, 0.05) is 17.6 Å². The van der Waals surface area contributed by atoms with Gasteiger partial charge in [0.1, 0.15) is 5.01 Å². The Morgan fingerprint density at radius 3 is 2.44 bits per heavy atom. The molecule has 1 saturated carbocycles. The van der Waals surface area contributed by atoms with Gasteiger partial charge in [0.25, 0.3) is 0 Å². The van der Waals surface area contributed by atoms with Gasteiger partial charge >= 0.3 is 0 Å². The van der Waals surface area contributed by atoms with Crippen LogP contribution in [0.25, 0.3) is 0 Å². The maximum absolute atomic E-state index is 4.39. The summed E-state index contributed by atoms with van der Waals surface area (Å²) in [6.07, 6.45) is 7.27. The number of hydrogen-bond acceptors (Lipinski definition) is 3. The average molecular weight is 266 g/mol. The van der Waals surface area contributed by atoms with Gasteiger partial charge in [0.2, 0.25) is 0 Å². The summed E-state index contributed by atoms with van der Waals surface area (Å²) in [5, 5.41) is 7.02. The smallest absolute Gasteiger partial charge is 0.109 e. The summed E-state index contributed by atoms with van der Waals surface area (Å²) in [6, 6.07) is 1.09. The predicted octanol–water partition coefficient (Wildman–Crippen LogP) is 4.40. The molecule has 1 aromatic rings. The lowest BCUT2D eigenvalue weighted by molar-refractivity contribution is 0.157. The van der Waals surface area contributed by atoms with Crippen LogP contribution in [0.3, 0.4) is 0 Å². The molecule has 1 fully saturated rings. The van der Waals surface area contributed by atoms with E-state index < -0.39 is 0 Å². The number of nitrogens with one attached hydrogen (secondary N) is 1. The zero-order chi connectivity index (χ0) is 13.2. The molecule has 0 bridgehead atoms. The van der Waals surface area contributed by atoms with Crippen LogP contribution < -0.4 is 5.32 Å². The van der Waals surface area contributed by atoms with E-state index in [2.05, 4.69) is 43.4 Å². The lowest BCUT2D eigenvalue weighted by Gasteiger charge is -2.37. The SMILES string of the molecule is CC(NC1CCC(C(C)(C)C)CC1)c1nccs1. The molecule has 1 atom stereocenters. The number of thiazole rings is 1. The molecule has 0 radical (unpaired) electrons. The predicted molar refractivity (Wildman–Crippen MR) is 78.9 cm³/mol. The second-order valence-corrected chi connectivity index (χ2v) is 7.60. The fourth-order valence-corrected chi connectivity index (χ4v) is 3.65. The lowest BCUT2D eigenvalue weighted by Crippen LogP contribution is -2.37. The lowest BCUT2D eigenvalue weighted by atomic mass is 9.71. The third kappa shape index (κ3) is 3.55. The highest BCUT2D eigenvalue weighted by molar-refractivity contribution is 7.09. The van der Waals surface area contributed by atoms with Crippen LogP contribution in [0, 0.1) is 11.3 Å².